The third-order valence-corrected chi connectivity index (χ3v) is 2.13. The fraction of sp³-hybridized carbons (Fsp3) is 0.0833. The topological polar surface area (TPSA) is 54.9 Å². The number of aromatic nitrogens is 2. The van der Waals surface area contributed by atoms with Crippen molar-refractivity contribution in [1.29, 1.82) is 0 Å². The van der Waals surface area contributed by atoms with Crippen LogP contribution in [0.15, 0.2) is 42.9 Å². The summed E-state index contributed by atoms with van der Waals surface area (Å²) in [7, 11) is 0. The van der Waals surface area contributed by atoms with E-state index in [4.69, 9.17) is 0 Å². The van der Waals surface area contributed by atoms with Crippen LogP contribution in [0, 0.1) is 5.82 Å². The summed E-state index contributed by atoms with van der Waals surface area (Å²) in [6, 6.07) is 5.52. The number of benzene rings is 1. The fourth-order valence-corrected chi connectivity index (χ4v) is 1.32. The van der Waals surface area contributed by atoms with Crippen molar-refractivity contribution >= 4 is 5.91 Å². The second kappa shape index (κ2) is 5.16. The molecule has 17 heavy (non-hydrogen) atoms. The van der Waals surface area contributed by atoms with E-state index in [0.29, 0.717) is 5.69 Å². The molecule has 0 saturated carbocycles. The fourth-order valence-electron chi connectivity index (χ4n) is 1.32. The van der Waals surface area contributed by atoms with Crippen LogP contribution in [0.4, 0.5) is 4.39 Å². The van der Waals surface area contributed by atoms with E-state index in [1.54, 1.807) is 24.7 Å². The zero-order valence-corrected chi connectivity index (χ0v) is 8.93. The Morgan fingerprint density at radius 2 is 2.24 bits per heavy atom. The van der Waals surface area contributed by atoms with Crippen LogP contribution in [0.1, 0.15) is 16.1 Å². The van der Waals surface area contributed by atoms with Crippen molar-refractivity contribution in [2.24, 2.45) is 0 Å². The number of rotatable bonds is 3. The van der Waals surface area contributed by atoms with Gasteiger partial charge in [0.15, 0.2) is 0 Å². The molecule has 0 atom stereocenters. The number of carbonyl (C=O) groups excluding carboxylic acids is 1. The van der Waals surface area contributed by atoms with Crippen molar-refractivity contribution in [2.75, 3.05) is 0 Å². The monoisotopic (exact) mass is 231 g/mol. The predicted molar refractivity (Wildman–Crippen MR) is 59.6 cm³/mol. The van der Waals surface area contributed by atoms with Crippen molar-refractivity contribution in [3.05, 3.63) is 59.9 Å². The van der Waals surface area contributed by atoms with Crippen LogP contribution >= 0.6 is 0 Å². The first-order chi connectivity index (χ1) is 8.25. The first-order valence-corrected chi connectivity index (χ1v) is 5.04. The first-order valence-electron chi connectivity index (χ1n) is 5.04. The van der Waals surface area contributed by atoms with Crippen LogP contribution in [0.25, 0.3) is 0 Å². The van der Waals surface area contributed by atoms with Gasteiger partial charge in [-0.3, -0.25) is 14.8 Å². The molecule has 0 radical (unpaired) electrons. The molecule has 0 unspecified atom stereocenters. The Hall–Kier alpha value is -2.30. The van der Waals surface area contributed by atoms with Crippen LogP contribution in [-0.2, 0) is 6.54 Å². The van der Waals surface area contributed by atoms with Gasteiger partial charge in [0.2, 0.25) is 0 Å². The second-order valence-electron chi connectivity index (χ2n) is 3.39. The number of nitrogens with one attached hydrogen (secondary N) is 1. The van der Waals surface area contributed by atoms with Crippen LogP contribution < -0.4 is 5.32 Å². The minimum Gasteiger partial charge on any atom is -0.346 e. The van der Waals surface area contributed by atoms with E-state index in [-0.39, 0.29) is 18.0 Å². The third-order valence-electron chi connectivity index (χ3n) is 2.13. The Bertz CT molecular complexity index is 516. The first kappa shape index (κ1) is 11.2. The maximum Gasteiger partial charge on any atom is 0.251 e. The molecular formula is C12H10FN3O. The van der Waals surface area contributed by atoms with E-state index < -0.39 is 5.82 Å². The van der Waals surface area contributed by atoms with E-state index in [0.717, 1.165) is 0 Å². The largest absolute Gasteiger partial charge is 0.346 e. The Morgan fingerprint density at radius 3 is 2.94 bits per heavy atom. The summed E-state index contributed by atoms with van der Waals surface area (Å²) in [6.45, 7) is 0.267. The molecule has 0 aliphatic carbocycles. The molecule has 2 aromatic rings. The second-order valence-corrected chi connectivity index (χ2v) is 3.39. The summed E-state index contributed by atoms with van der Waals surface area (Å²) < 4.78 is 12.9. The van der Waals surface area contributed by atoms with Crippen LogP contribution in [0.3, 0.4) is 0 Å². The zero-order chi connectivity index (χ0) is 12.1. The Balaban J connectivity index is 1.98. The van der Waals surface area contributed by atoms with Crippen LogP contribution in [0.2, 0.25) is 0 Å². The summed E-state index contributed by atoms with van der Waals surface area (Å²) in [5.74, 6) is -0.771. The number of carbonyl (C=O) groups is 1. The van der Waals surface area contributed by atoms with Gasteiger partial charge >= 0.3 is 0 Å². The highest BCUT2D eigenvalue weighted by molar-refractivity contribution is 5.94. The molecule has 0 saturated heterocycles. The minimum atomic E-state index is -0.433. The SMILES string of the molecule is O=C(NCc1cnccn1)c1cccc(F)c1. The molecule has 86 valence electrons. The Morgan fingerprint density at radius 1 is 1.35 bits per heavy atom. The standard InChI is InChI=1S/C12H10FN3O/c13-10-3-1-2-9(6-10)12(17)16-8-11-7-14-4-5-15-11/h1-7H,8H2,(H,16,17). The summed E-state index contributed by atoms with van der Waals surface area (Å²) >= 11 is 0. The lowest BCUT2D eigenvalue weighted by Gasteiger charge is -2.04. The van der Waals surface area contributed by atoms with Gasteiger partial charge in [-0.25, -0.2) is 4.39 Å². The average molecular weight is 231 g/mol. The number of hydrogen-bond acceptors (Lipinski definition) is 3. The van der Waals surface area contributed by atoms with Gasteiger partial charge in [-0.15, -0.1) is 0 Å². The molecule has 4 nitrogen and oxygen atoms in total. The van der Waals surface area contributed by atoms with Gasteiger partial charge in [-0.1, -0.05) is 6.07 Å². The van der Waals surface area contributed by atoms with Gasteiger partial charge < -0.3 is 5.32 Å². The van der Waals surface area contributed by atoms with Gasteiger partial charge in [0.1, 0.15) is 5.82 Å². The molecule has 1 N–H and O–H groups in total. The number of nitrogens with zero attached hydrogens (tertiary/aromatic N) is 2. The quantitative estimate of drug-likeness (QED) is 0.871. The molecule has 2 rings (SSSR count). The molecule has 0 spiro atoms. The normalized spacial score (nSPS) is 9.94. The van der Waals surface area contributed by atoms with Crippen LogP contribution in [0.5, 0.6) is 0 Å². The lowest BCUT2D eigenvalue weighted by molar-refractivity contribution is 0.0950. The molecule has 1 heterocycles. The molecule has 1 aromatic carbocycles. The maximum absolute atomic E-state index is 12.9. The third kappa shape index (κ3) is 3.07. The summed E-state index contributed by atoms with van der Waals surface area (Å²) in [4.78, 5) is 19.5. The molecule has 0 fully saturated rings. The van der Waals surface area contributed by atoms with Crippen LogP contribution in [-0.4, -0.2) is 15.9 Å². The summed E-state index contributed by atoms with van der Waals surface area (Å²) in [5, 5.41) is 2.63. The highest BCUT2D eigenvalue weighted by Crippen LogP contribution is 2.03. The zero-order valence-electron chi connectivity index (χ0n) is 8.93. The van der Waals surface area contributed by atoms with Crippen molar-refractivity contribution in [3.8, 4) is 0 Å². The van der Waals surface area contributed by atoms with E-state index in [9.17, 15) is 9.18 Å². The minimum absolute atomic E-state index is 0.267. The molecule has 5 heteroatoms. The summed E-state index contributed by atoms with van der Waals surface area (Å²) in [6.07, 6.45) is 4.66. The van der Waals surface area contributed by atoms with E-state index in [1.165, 1.54) is 18.2 Å². The predicted octanol–water partition coefficient (Wildman–Crippen LogP) is 1.55. The molecule has 0 bridgehead atoms. The van der Waals surface area contributed by atoms with E-state index >= 15 is 0 Å². The maximum atomic E-state index is 12.9. The molecule has 0 aliphatic heterocycles. The Kier molecular flexibility index (Phi) is 3.40. The van der Waals surface area contributed by atoms with Gasteiger partial charge in [0, 0.05) is 18.0 Å². The highest BCUT2D eigenvalue weighted by atomic mass is 19.1. The lowest BCUT2D eigenvalue weighted by Crippen LogP contribution is -2.23. The number of amides is 1. The molecule has 1 aromatic heterocycles. The average Bonchev–Trinajstić information content (AvgIpc) is 2.37. The van der Waals surface area contributed by atoms with E-state index in [2.05, 4.69) is 15.3 Å². The van der Waals surface area contributed by atoms with Crippen molar-refractivity contribution in [1.82, 2.24) is 15.3 Å². The van der Waals surface area contributed by atoms with Crippen molar-refractivity contribution < 1.29 is 9.18 Å². The molecule has 0 aliphatic rings. The van der Waals surface area contributed by atoms with Crippen molar-refractivity contribution in [2.45, 2.75) is 6.54 Å². The lowest BCUT2D eigenvalue weighted by atomic mass is 10.2. The van der Waals surface area contributed by atoms with Gasteiger partial charge in [0.05, 0.1) is 18.4 Å². The van der Waals surface area contributed by atoms with Crippen molar-refractivity contribution in [3.63, 3.8) is 0 Å². The van der Waals surface area contributed by atoms with Gasteiger partial charge in [-0.2, -0.15) is 0 Å². The highest BCUT2D eigenvalue weighted by Gasteiger charge is 2.06. The summed E-state index contributed by atoms with van der Waals surface area (Å²) in [5.41, 5.74) is 0.936. The van der Waals surface area contributed by atoms with E-state index in [1.807, 2.05) is 0 Å². The van der Waals surface area contributed by atoms with Gasteiger partial charge in [0.25, 0.3) is 5.91 Å². The molecule has 1 amide bonds. The smallest absolute Gasteiger partial charge is 0.251 e. The Labute approximate surface area is 97.5 Å². The molecular weight excluding hydrogens is 221 g/mol. The number of hydrogen-bond donors (Lipinski definition) is 1. The number of halogens is 1. The van der Waals surface area contributed by atoms with Gasteiger partial charge in [-0.05, 0) is 18.2 Å².